The zero-order valence-corrected chi connectivity index (χ0v) is 12.1. The van der Waals surface area contributed by atoms with Crippen LogP contribution in [0.15, 0.2) is 18.2 Å². The molecule has 1 saturated heterocycles. The third-order valence-electron chi connectivity index (χ3n) is 5.09. The fraction of sp³-hybridized carbons (Fsp3) is 0.647. The van der Waals surface area contributed by atoms with Crippen LogP contribution in [0, 0.1) is 0 Å². The first kappa shape index (κ1) is 12.5. The SMILES string of the molecule is c1cc2c(c(N3CCOC4CCCCC43)c1)NCCC2. The van der Waals surface area contributed by atoms with Crippen molar-refractivity contribution in [1.29, 1.82) is 0 Å². The highest BCUT2D eigenvalue weighted by atomic mass is 16.5. The number of benzene rings is 1. The molecule has 2 atom stereocenters. The minimum atomic E-state index is 0.456. The lowest BCUT2D eigenvalue weighted by atomic mass is 9.89. The first-order chi connectivity index (χ1) is 9.93. The molecule has 3 aliphatic rings. The van der Waals surface area contributed by atoms with Gasteiger partial charge in [-0.25, -0.2) is 0 Å². The van der Waals surface area contributed by atoms with Crippen molar-refractivity contribution >= 4 is 11.4 Å². The molecule has 0 amide bonds. The van der Waals surface area contributed by atoms with Gasteiger partial charge in [-0.15, -0.1) is 0 Å². The van der Waals surface area contributed by atoms with Crippen molar-refractivity contribution in [1.82, 2.24) is 0 Å². The van der Waals surface area contributed by atoms with E-state index in [1.54, 1.807) is 0 Å². The van der Waals surface area contributed by atoms with Gasteiger partial charge in [0.05, 0.1) is 30.1 Å². The van der Waals surface area contributed by atoms with Crippen LogP contribution in [0.5, 0.6) is 0 Å². The Labute approximate surface area is 121 Å². The first-order valence-electron chi connectivity index (χ1n) is 8.17. The van der Waals surface area contributed by atoms with Crippen molar-refractivity contribution in [3.63, 3.8) is 0 Å². The van der Waals surface area contributed by atoms with Gasteiger partial charge in [-0.2, -0.15) is 0 Å². The molecule has 1 aromatic rings. The first-order valence-corrected chi connectivity index (χ1v) is 8.17. The van der Waals surface area contributed by atoms with Crippen molar-refractivity contribution in [3.05, 3.63) is 23.8 Å². The number of nitrogens with one attached hydrogen (secondary N) is 1. The molecule has 108 valence electrons. The summed E-state index contributed by atoms with van der Waals surface area (Å²) in [6, 6.07) is 7.40. The van der Waals surface area contributed by atoms with Gasteiger partial charge >= 0.3 is 0 Å². The largest absolute Gasteiger partial charge is 0.383 e. The molecule has 2 heterocycles. The van der Waals surface area contributed by atoms with Gasteiger partial charge in [-0.1, -0.05) is 25.0 Å². The number of hydrogen-bond donors (Lipinski definition) is 1. The standard InChI is InChI=1S/C17H24N2O/c1-2-9-16-14(7-1)19(11-12-20-16)15-8-3-5-13-6-4-10-18-17(13)15/h3,5,8,14,16,18H,1-2,4,6-7,9-12H2. The Morgan fingerprint density at radius 1 is 1.15 bits per heavy atom. The van der Waals surface area contributed by atoms with Gasteiger partial charge < -0.3 is 15.0 Å². The normalized spacial score (nSPS) is 29.3. The van der Waals surface area contributed by atoms with Crippen LogP contribution >= 0.6 is 0 Å². The summed E-state index contributed by atoms with van der Waals surface area (Å²) < 4.78 is 6.02. The summed E-state index contributed by atoms with van der Waals surface area (Å²) in [5.74, 6) is 0. The van der Waals surface area contributed by atoms with Crippen molar-refractivity contribution in [2.24, 2.45) is 0 Å². The Kier molecular flexibility index (Phi) is 3.31. The van der Waals surface area contributed by atoms with E-state index in [1.807, 2.05) is 0 Å². The Morgan fingerprint density at radius 2 is 2.10 bits per heavy atom. The Balaban J connectivity index is 1.69. The molecule has 0 spiro atoms. The van der Waals surface area contributed by atoms with Crippen LogP contribution in [0.1, 0.15) is 37.7 Å². The molecule has 0 aromatic heterocycles. The second-order valence-electron chi connectivity index (χ2n) is 6.30. The number of hydrogen-bond acceptors (Lipinski definition) is 3. The Hall–Kier alpha value is -1.22. The lowest BCUT2D eigenvalue weighted by molar-refractivity contribution is -0.00863. The maximum atomic E-state index is 6.02. The quantitative estimate of drug-likeness (QED) is 0.849. The van der Waals surface area contributed by atoms with E-state index in [-0.39, 0.29) is 0 Å². The zero-order chi connectivity index (χ0) is 13.4. The summed E-state index contributed by atoms with van der Waals surface area (Å²) in [5, 5.41) is 3.64. The third-order valence-corrected chi connectivity index (χ3v) is 5.09. The molecular weight excluding hydrogens is 248 g/mol. The molecule has 0 bridgehead atoms. The summed E-state index contributed by atoms with van der Waals surface area (Å²) in [4.78, 5) is 2.63. The maximum absolute atomic E-state index is 6.02. The number of fused-ring (bicyclic) bond motifs is 2. The van der Waals surface area contributed by atoms with Crippen molar-refractivity contribution in [3.8, 4) is 0 Å². The molecule has 2 fully saturated rings. The molecule has 2 unspecified atom stereocenters. The molecule has 1 N–H and O–H groups in total. The van der Waals surface area contributed by atoms with E-state index in [9.17, 15) is 0 Å². The van der Waals surface area contributed by atoms with Gasteiger partial charge in [0.15, 0.2) is 0 Å². The van der Waals surface area contributed by atoms with E-state index in [4.69, 9.17) is 4.74 Å². The molecule has 20 heavy (non-hydrogen) atoms. The van der Waals surface area contributed by atoms with Crippen LogP contribution in [-0.4, -0.2) is 31.8 Å². The van der Waals surface area contributed by atoms with Crippen molar-refractivity contribution in [2.75, 3.05) is 29.9 Å². The third kappa shape index (κ3) is 2.08. The summed E-state index contributed by atoms with van der Waals surface area (Å²) in [7, 11) is 0. The van der Waals surface area contributed by atoms with Crippen LogP contribution in [-0.2, 0) is 11.2 Å². The van der Waals surface area contributed by atoms with Gasteiger partial charge in [0.2, 0.25) is 0 Å². The summed E-state index contributed by atoms with van der Waals surface area (Å²) in [6.07, 6.45) is 8.14. The van der Waals surface area contributed by atoms with Gasteiger partial charge in [0, 0.05) is 13.1 Å². The number of anilines is 2. The predicted octanol–water partition coefficient (Wildman–Crippen LogP) is 3.19. The number of morpholine rings is 1. The molecule has 3 nitrogen and oxygen atoms in total. The second kappa shape index (κ2) is 5.28. The molecule has 2 aliphatic heterocycles. The summed E-state index contributed by atoms with van der Waals surface area (Å²) >= 11 is 0. The number of aryl methyl sites for hydroxylation is 1. The predicted molar refractivity (Wildman–Crippen MR) is 82.6 cm³/mol. The van der Waals surface area contributed by atoms with Gasteiger partial charge in [-0.05, 0) is 37.3 Å². The summed E-state index contributed by atoms with van der Waals surface area (Å²) in [5.41, 5.74) is 4.31. The lowest BCUT2D eigenvalue weighted by Gasteiger charge is -2.46. The van der Waals surface area contributed by atoms with Crippen LogP contribution in [0.2, 0.25) is 0 Å². The molecule has 3 heteroatoms. The average Bonchev–Trinajstić information content (AvgIpc) is 2.54. The smallest absolute Gasteiger partial charge is 0.0779 e. The van der Waals surface area contributed by atoms with Crippen molar-refractivity contribution < 1.29 is 4.74 Å². The van der Waals surface area contributed by atoms with E-state index in [0.717, 1.165) is 19.7 Å². The number of rotatable bonds is 1. The van der Waals surface area contributed by atoms with E-state index in [2.05, 4.69) is 28.4 Å². The van der Waals surface area contributed by atoms with E-state index >= 15 is 0 Å². The minimum Gasteiger partial charge on any atom is -0.383 e. The van der Waals surface area contributed by atoms with Gasteiger partial charge in [0.1, 0.15) is 0 Å². The number of ether oxygens (including phenoxy) is 1. The fourth-order valence-electron chi connectivity index (χ4n) is 4.13. The van der Waals surface area contributed by atoms with E-state index < -0.39 is 0 Å². The zero-order valence-electron chi connectivity index (χ0n) is 12.1. The molecule has 1 aromatic carbocycles. The van der Waals surface area contributed by atoms with Crippen LogP contribution in [0.4, 0.5) is 11.4 Å². The highest BCUT2D eigenvalue weighted by Crippen LogP contribution is 2.38. The van der Waals surface area contributed by atoms with Gasteiger partial charge in [-0.3, -0.25) is 0 Å². The topological polar surface area (TPSA) is 24.5 Å². The highest BCUT2D eigenvalue weighted by Gasteiger charge is 2.35. The van der Waals surface area contributed by atoms with E-state index in [0.29, 0.717) is 12.1 Å². The van der Waals surface area contributed by atoms with E-state index in [1.165, 1.54) is 55.5 Å². The van der Waals surface area contributed by atoms with Crippen molar-refractivity contribution in [2.45, 2.75) is 50.7 Å². The molecule has 1 saturated carbocycles. The fourth-order valence-corrected chi connectivity index (χ4v) is 4.13. The Bertz CT molecular complexity index is 486. The molecule has 4 rings (SSSR count). The van der Waals surface area contributed by atoms with Crippen LogP contribution in [0.25, 0.3) is 0 Å². The lowest BCUT2D eigenvalue weighted by Crippen LogP contribution is -2.53. The molecule has 1 aliphatic carbocycles. The van der Waals surface area contributed by atoms with Gasteiger partial charge in [0.25, 0.3) is 0 Å². The number of nitrogens with zero attached hydrogens (tertiary/aromatic N) is 1. The monoisotopic (exact) mass is 272 g/mol. The molecule has 0 radical (unpaired) electrons. The number of para-hydroxylation sites is 1. The summed E-state index contributed by atoms with van der Waals surface area (Å²) in [6.45, 7) is 3.03. The Morgan fingerprint density at radius 3 is 3.10 bits per heavy atom. The second-order valence-corrected chi connectivity index (χ2v) is 6.30. The molecular formula is C17H24N2O. The van der Waals surface area contributed by atoms with Crippen LogP contribution < -0.4 is 10.2 Å². The minimum absolute atomic E-state index is 0.456. The maximum Gasteiger partial charge on any atom is 0.0779 e. The van der Waals surface area contributed by atoms with Crippen LogP contribution in [0.3, 0.4) is 0 Å². The average molecular weight is 272 g/mol. The highest BCUT2D eigenvalue weighted by molar-refractivity contribution is 5.75.